The van der Waals surface area contributed by atoms with Crippen LogP contribution in [0.4, 0.5) is 10.1 Å². The molecule has 0 aromatic heterocycles. The van der Waals surface area contributed by atoms with Gasteiger partial charge >= 0.3 is 0 Å². The van der Waals surface area contributed by atoms with Gasteiger partial charge in [0.25, 0.3) is 0 Å². The third kappa shape index (κ3) is 3.65. The summed E-state index contributed by atoms with van der Waals surface area (Å²) < 4.78 is 15.7. The van der Waals surface area contributed by atoms with Crippen molar-refractivity contribution >= 4 is 40.7 Å². The Morgan fingerprint density at radius 3 is 2.68 bits per heavy atom. The van der Waals surface area contributed by atoms with Crippen molar-refractivity contribution in [1.29, 1.82) is 0 Å². The summed E-state index contributed by atoms with van der Waals surface area (Å²) >= 11 is 12.5. The van der Waals surface area contributed by atoms with Crippen molar-refractivity contribution in [1.82, 2.24) is 10.6 Å². The first-order valence-corrected chi connectivity index (χ1v) is 13.6. The molecular weight excluding hydrogens is 516 g/mol. The maximum absolute atomic E-state index is 15.7. The second kappa shape index (κ2) is 8.67. The molecule has 4 bridgehead atoms. The van der Waals surface area contributed by atoms with E-state index in [0.29, 0.717) is 42.0 Å². The highest BCUT2D eigenvalue weighted by atomic mass is 35.5. The van der Waals surface area contributed by atoms with Crippen LogP contribution < -0.4 is 16.0 Å². The van der Waals surface area contributed by atoms with Gasteiger partial charge in [0, 0.05) is 28.7 Å². The second-order valence-electron chi connectivity index (χ2n) is 11.7. The van der Waals surface area contributed by atoms with Gasteiger partial charge in [-0.25, -0.2) is 4.39 Å². The van der Waals surface area contributed by atoms with Crippen molar-refractivity contribution in [3.63, 3.8) is 0 Å². The van der Waals surface area contributed by atoms with Crippen molar-refractivity contribution in [2.24, 2.45) is 11.3 Å². The van der Waals surface area contributed by atoms with E-state index >= 15 is 4.39 Å². The molecule has 1 aliphatic carbocycles. The molecule has 3 fully saturated rings. The Morgan fingerprint density at radius 1 is 1.11 bits per heavy atom. The second-order valence-corrected chi connectivity index (χ2v) is 12.6. The molecule has 2 saturated heterocycles. The van der Waals surface area contributed by atoms with E-state index in [9.17, 15) is 14.7 Å². The third-order valence-corrected chi connectivity index (χ3v) is 9.83. The van der Waals surface area contributed by atoms with Gasteiger partial charge in [0.15, 0.2) is 0 Å². The Morgan fingerprint density at radius 2 is 1.89 bits per heavy atom. The molecular formula is C28H30Cl2FN3O3. The van der Waals surface area contributed by atoms with E-state index in [0.717, 1.165) is 0 Å². The van der Waals surface area contributed by atoms with Gasteiger partial charge in [-0.2, -0.15) is 0 Å². The number of nitrogens with one attached hydrogen (secondary N) is 3. The molecule has 2 amide bonds. The molecule has 6 nitrogen and oxygen atoms in total. The molecule has 3 aliphatic heterocycles. The highest BCUT2D eigenvalue weighted by Crippen LogP contribution is 2.58. The number of rotatable bonds is 1. The number of amides is 2. The minimum absolute atomic E-state index is 0.0615. The fourth-order valence-corrected chi connectivity index (χ4v) is 7.99. The maximum atomic E-state index is 15.7. The zero-order valence-electron chi connectivity index (χ0n) is 20.7. The first kappa shape index (κ1) is 25.1. The third-order valence-electron chi connectivity index (χ3n) is 9.30. The lowest BCUT2D eigenvalue weighted by Gasteiger charge is -2.46. The van der Waals surface area contributed by atoms with Crippen LogP contribution in [0.15, 0.2) is 36.4 Å². The van der Waals surface area contributed by atoms with E-state index in [2.05, 4.69) is 29.8 Å². The Hall–Kier alpha value is -2.19. The molecule has 2 aromatic rings. The van der Waals surface area contributed by atoms with Gasteiger partial charge in [0.05, 0.1) is 17.2 Å². The first-order valence-electron chi connectivity index (χ1n) is 12.8. The Labute approximate surface area is 225 Å². The molecule has 7 atom stereocenters. The van der Waals surface area contributed by atoms with E-state index < -0.39 is 35.3 Å². The summed E-state index contributed by atoms with van der Waals surface area (Å²) in [5, 5.41) is 21.0. The van der Waals surface area contributed by atoms with Crippen LogP contribution in [0.25, 0.3) is 0 Å². The van der Waals surface area contributed by atoms with Gasteiger partial charge in [0.2, 0.25) is 11.8 Å². The number of benzene rings is 2. The van der Waals surface area contributed by atoms with Crippen molar-refractivity contribution in [2.75, 3.05) is 5.32 Å². The van der Waals surface area contributed by atoms with Crippen LogP contribution in [0, 0.1) is 17.2 Å². The van der Waals surface area contributed by atoms with Crippen LogP contribution in [0.5, 0.6) is 0 Å². The number of hydrogen-bond acceptors (Lipinski definition) is 4. The van der Waals surface area contributed by atoms with Gasteiger partial charge < -0.3 is 21.1 Å². The average Bonchev–Trinajstić information content (AvgIpc) is 3.31. The summed E-state index contributed by atoms with van der Waals surface area (Å²) in [5.74, 6) is -2.15. The van der Waals surface area contributed by atoms with E-state index in [1.165, 1.54) is 6.07 Å². The van der Waals surface area contributed by atoms with Crippen LogP contribution in [-0.2, 0) is 15.0 Å². The molecule has 196 valence electrons. The molecule has 6 rings (SSSR count). The minimum Gasteiger partial charge on any atom is -0.393 e. The molecule has 4 aliphatic rings. The molecule has 9 heteroatoms. The van der Waals surface area contributed by atoms with Crippen LogP contribution in [0.1, 0.15) is 56.6 Å². The average molecular weight is 546 g/mol. The monoisotopic (exact) mass is 545 g/mol. The molecule has 37 heavy (non-hydrogen) atoms. The highest BCUT2D eigenvalue weighted by molar-refractivity contribution is 6.31. The van der Waals surface area contributed by atoms with Crippen LogP contribution in [0.2, 0.25) is 10.0 Å². The standard InChI is InChI=1S/C28H30Cl2FN3O3/c1-27(2)12-21-28(16-8-6-13(29)10-19(16)33-26(28)37)22(15-4-3-5-18(30)23(15)31)24(34-21)25(36)32-14-7-9-20(35)17(27)11-14/h3-6,8,10,14,17,20-22,24,34-35H,7,9,11-12H2,1-2H3,(H,32,36)(H,33,37)/t14?,17?,20-,21+,22-,24+,28-/m0/s1. The fourth-order valence-electron chi connectivity index (χ4n) is 7.63. The lowest BCUT2D eigenvalue weighted by atomic mass is 9.59. The van der Waals surface area contributed by atoms with E-state index in [4.69, 9.17) is 23.2 Å². The van der Waals surface area contributed by atoms with Gasteiger partial charge in [-0.3, -0.25) is 9.59 Å². The molecule has 0 radical (unpaired) electrons. The van der Waals surface area contributed by atoms with Crippen molar-refractivity contribution < 1.29 is 19.1 Å². The van der Waals surface area contributed by atoms with Crippen LogP contribution >= 0.6 is 23.2 Å². The summed E-state index contributed by atoms with van der Waals surface area (Å²) in [6.07, 6.45) is 1.92. The molecule has 1 spiro atoms. The predicted octanol–water partition coefficient (Wildman–Crippen LogP) is 4.52. The smallest absolute Gasteiger partial charge is 0.238 e. The largest absolute Gasteiger partial charge is 0.393 e. The maximum Gasteiger partial charge on any atom is 0.238 e. The van der Waals surface area contributed by atoms with Crippen molar-refractivity contribution in [3.8, 4) is 0 Å². The number of carbonyl (C=O) groups excluding carboxylic acids is 2. The molecule has 2 unspecified atom stereocenters. The molecule has 1 saturated carbocycles. The number of hydrogen-bond donors (Lipinski definition) is 4. The van der Waals surface area contributed by atoms with Crippen LogP contribution in [0.3, 0.4) is 0 Å². The number of aliphatic hydroxyl groups excluding tert-OH is 1. The minimum atomic E-state index is -1.30. The fraction of sp³-hybridized carbons (Fsp3) is 0.500. The van der Waals surface area contributed by atoms with Gasteiger partial charge in [-0.1, -0.05) is 55.2 Å². The van der Waals surface area contributed by atoms with E-state index in [1.807, 2.05) is 0 Å². The van der Waals surface area contributed by atoms with Gasteiger partial charge in [0.1, 0.15) is 11.2 Å². The number of anilines is 1. The summed E-state index contributed by atoms with van der Waals surface area (Å²) in [4.78, 5) is 28.0. The number of halogens is 3. The Kier molecular flexibility index (Phi) is 5.88. The quantitative estimate of drug-likeness (QED) is 0.424. The predicted molar refractivity (Wildman–Crippen MR) is 140 cm³/mol. The lowest BCUT2D eigenvalue weighted by molar-refractivity contribution is -0.125. The molecule has 3 heterocycles. The van der Waals surface area contributed by atoms with Crippen molar-refractivity contribution in [2.45, 2.75) is 75.1 Å². The Bertz CT molecular complexity index is 1300. The zero-order chi connectivity index (χ0) is 26.3. The number of carbonyl (C=O) groups is 2. The topological polar surface area (TPSA) is 90.5 Å². The summed E-state index contributed by atoms with van der Waals surface area (Å²) in [5.41, 5.74) is -0.219. The first-order chi connectivity index (χ1) is 17.5. The highest BCUT2D eigenvalue weighted by Gasteiger charge is 2.67. The van der Waals surface area contributed by atoms with Crippen LogP contribution in [-0.4, -0.2) is 41.2 Å². The number of aliphatic hydroxyl groups is 1. The van der Waals surface area contributed by atoms with Gasteiger partial charge in [-0.15, -0.1) is 0 Å². The SMILES string of the molecule is CC1(C)C[C@H]2N[C@@H](C(=O)NC3CC[C@H](O)C1C3)[C@H](c1cccc(Cl)c1F)[C@@]21C(=O)Nc2cc(Cl)ccc21. The molecule has 4 N–H and O–H groups in total. The van der Waals surface area contributed by atoms with Gasteiger partial charge in [-0.05, 0) is 66.3 Å². The van der Waals surface area contributed by atoms with Crippen molar-refractivity contribution in [3.05, 3.63) is 63.4 Å². The lowest BCUT2D eigenvalue weighted by Crippen LogP contribution is -2.55. The van der Waals surface area contributed by atoms with E-state index in [-0.39, 0.29) is 39.8 Å². The normalized spacial score (nSPS) is 36.2. The Balaban J connectivity index is 1.62. The summed E-state index contributed by atoms with van der Waals surface area (Å²) in [6.45, 7) is 4.22. The molecule has 2 aromatic carbocycles. The van der Waals surface area contributed by atoms with E-state index in [1.54, 1.807) is 30.3 Å². The summed E-state index contributed by atoms with van der Waals surface area (Å²) in [6, 6.07) is 8.45. The summed E-state index contributed by atoms with van der Waals surface area (Å²) in [7, 11) is 0. The number of fused-ring (bicyclic) bond motifs is 7. The zero-order valence-corrected chi connectivity index (χ0v) is 22.2.